The molecule has 5 aromatic rings. The lowest BCUT2D eigenvalue weighted by Gasteiger charge is -2.31. The first-order chi connectivity index (χ1) is 22.3. The van der Waals surface area contributed by atoms with Crippen molar-refractivity contribution in [2.75, 3.05) is 18.5 Å². The van der Waals surface area contributed by atoms with Crippen molar-refractivity contribution in [3.63, 3.8) is 0 Å². The van der Waals surface area contributed by atoms with Crippen LogP contribution in [0.2, 0.25) is 0 Å². The summed E-state index contributed by atoms with van der Waals surface area (Å²) in [6, 6.07) is 11.7. The first-order valence-corrected chi connectivity index (χ1v) is 14.0. The minimum Gasteiger partial charge on any atom is -0.489 e. The number of anilines is 2. The molecular formula is C32H25F4N7O4. The highest BCUT2D eigenvalue weighted by atomic mass is 19.4. The summed E-state index contributed by atoms with van der Waals surface area (Å²) >= 11 is 0. The van der Waals surface area contributed by atoms with Gasteiger partial charge in [0.1, 0.15) is 35.6 Å². The number of primary amides is 1. The van der Waals surface area contributed by atoms with Gasteiger partial charge in [-0.25, -0.2) is 19.3 Å². The number of nitrogens with zero attached hydrogens (tertiary/aromatic N) is 4. The normalized spacial score (nSPS) is 17.0. The Hall–Kier alpha value is -5.70. The van der Waals surface area contributed by atoms with Crippen molar-refractivity contribution < 1.29 is 37.0 Å². The van der Waals surface area contributed by atoms with E-state index in [1.54, 1.807) is 12.1 Å². The zero-order valence-electron chi connectivity index (χ0n) is 24.5. The maximum absolute atomic E-state index is 14.8. The van der Waals surface area contributed by atoms with E-state index in [0.29, 0.717) is 22.3 Å². The number of carbonyl (C=O) groups is 2. The SMILES string of the molecule is C[C@]1(C(N)=O)COc2c1cc([C@@](O)(CNC(=O)c1cc(Nc3cncnc3)c3ncccc3c1)C(F)(F)F)nc2-c1ccc(F)cc1. The second kappa shape index (κ2) is 11.6. The molecule has 47 heavy (non-hydrogen) atoms. The molecule has 0 saturated heterocycles. The molecule has 2 aromatic carbocycles. The number of hydrogen-bond donors (Lipinski definition) is 4. The number of hydrogen-bond acceptors (Lipinski definition) is 9. The molecule has 2 amide bonds. The second-order valence-electron chi connectivity index (χ2n) is 11.1. The van der Waals surface area contributed by atoms with Crippen LogP contribution >= 0.6 is 0 Å². The topological polar surface area (TPSA) is 165 Å². The van der Waals surface area contributed by atoms with Crippen LogP contribution in [-0.2, 0) is 15.8 Å². The smallest absolute Gasteiger partial charge is 0.424 e. The highest BCUT2D eigenvalue weighted by Crippen LogP contribution is 2.47. The summed E-state index contributed by atoms with van der Waals surface area (Å²) in [5.41, 5.74) is 0.511. The largest absolute Gasteiger partial charge is 0.489 e. The Morgan fingerprint density at radius 2 is 1.81 bits per heavy atom. The van der Waals surface area contributed by atoms with Crippen molar-refractivity contribution in [2.45, 2.75) is 24.1 Å². The molecule has 1 aliphatic rings. The Bertz CT molecular complexity index is 2010. The Balaban J connectivity index is 1.40. The van der Waals surface area contributed by atoms with Gasteiger partial charge >= 0.3 is 6.18 Å². The zero-order valence-corrected chi connectivity index (χ0v) is 24.5. The Labute approximate surface area is 263 Å². The maximum atomic E-state index is 14.8. The van der Waals surface area contributed by atoms with Crippen LogP contribution in [0.4, 0.5) is 28.9 Å². The average molecular weight is 648 g/mol. The standard InChI is InChI=1S/C32H25F4N7O4/c1-30(29(37)45)15-47-27-22(30)11-24(43-26(27)17-4-6-20(33)7-5-17)31(46,32(34,35)36)14-41-28(44)19-9-18-3-2-8-40-25(18)23(10-19)42-21-12-38-16-39-13-21/h2-13,16,42,46H,14-15H2,1H3,(H2,37,45)(H,41,44)/t30-,31-/m0/s1. The van der Waals surface area contributed by atoms with E-state index in [0.717, 1.165) is 18.2 Å². The second-order valence-corrected chi connectivity index (χ2v) is 11.1. The monoisotopic (exact) mass is 647 g/mol. The van der Waals surface area contributed by atoms with E-state index in [2.05, 4.69) is 30.6 Å². The quantitative estimate of drug-likeness (QED) is 0.180. The molecule has 0 unspecified atom stereocenters. The van der Waals surface area contributed by atoms with Crippen molar-refractivity contribution >= 4 is 34.1 Å². The van der Waals surface area contributed by atoms with Crippen LogP contribution < -0.4 is 21.1 Å². The number of aromatic nitrogens is 4. The number of alkyl halides is 3. The molecule has 15 heteroatoms. The third kappa shape index (κ3) is 5.65. The number of rotatable bonds is 8. The van der Waals surface area contributed by atoms with Crippen molar-refractivity contribution in [3.05, 3.63) is 102 Å². The van der Waals surface area contributed by atoms with Gasteiger partial charge in [-0.1, -0.05) is 6.07 Å². The molecule has 1 aliphatic heterocycles. The molecule has 6 rings (SSSR count). The molecule has 3 aromatic heterocycles. The summed E-state index contributed by atoms with van der Waals surface area (Å²) in [7, 11) is 0. The van der Waals surface area contributed by atoms with Gasteiger partial charge in [0.25, 0.3) is 5.91 Å². The first-order valence-electron chi connectivity index (χ1n) is 14.0. The molecule has 2 atom stereocenters. The minimum atomic E-state index is -5.38. The molecule has 0 aliphatic carbocycles. The van der Waals surface area contributed by atoms with E-state index in [-0.39, 0.29) is 34.7 Å². The fraction of sp³-hybridized carbons (Fsp3) is 0.188. The number of nitrogens with two attached hydrogens (primary N) is 1. The molecule has 0 radical (unpaired) electrons. The first kappa shape index (κ1) is 31.3. The fourth-order valence-corrected chi connectivity index (χ4v) is 5.19. The Morgan fingerprint density at radius 1 is 1.09 bits per heavy atom. The van der Waals surface area contributed by atoms with Crippen LogP contribution in [0.1, 0.15) is 28.5 Å². The molecule has 0 fully saturated rings. The minimum absolute atomic E-state index is 0.0381. The zero-order chi connectivity index (χ0) is 33.6. The number of ether oxygens (including phenoxy) is 1. The van der Waals surface area contributed by atoms with Crippen LogP contribution in [-0.4, -0.2) is 56.2 Å². The van der Waals surface area contributed by atoms with Gasteiger partial charge in [0.2, 0.25) is 11.5 Å². The highest BCUT2D eigenvalue weighted by molar-refractivity contribution is 6.02. The number of aliphatic hydroxyl groups is 1. The number of halogens is 4. The average Bonchev–Trinajstić information content (AvgIpc) is 3.41. The van der Waals surface area contributed by atoms with Gasteiger partial charge in [-0.15, -0.1) is 0 Å². The molecule has 240 valence electrons. The van der Waals surface area contributed by atoms with E-state index in [9.17, 15) is 32.3 Å². The lowest BCUT2D eigenvalue weighted by atomic mass is 9.81. The number of carbonyl (C=O) groups excluding carboxylic acids is 2. The highest BCUT2D eigenvalue weighted by Gasteiger charge is 2.57. The van der Waals surface area contributed by atoms with E-state index < -0.39 is 47.1 Å². The summed E-state index contributed by atoms with van der Waals surface area (Å²) < 4.78 is 63.8. The summed E-state index contributed by atoms with van der Waals surface area (Å²) in [6.45, 7) is -0.283. The summed E-state index contributed by atoms with van der Waals surface area (Å²) in [6.07, 6.45) is 0.451. The third-order valence-corrected chi connectivity index (χ3v) is 7.94. The third-order valence-electron chi connectivity index (χ3n) is 7.94. The van der Waals surface area contributed by atoms with Crippen LogP contribution in [0, 0.1) is 5.82 Å². The number of nitrogens with one attached hydrogen (secondary N) is 2. The van der Waals surface area contributed by atoms with E-state index >= 15 is 0 Å². The van der Waals surface area contributed by atoms with Crippen LogP contribution in [0.15, 0.2) is 79.5 Å². The van der Waals surface area contributed by atoms with Gasteiger partial charge in [0.15, 0.2) is 0 Å². The lowest BCUT2D eigenvalue weighted by Crippen LogP contribution is -2.51. The molecule has 0 saturated carbocycles. The van der Waals surface area contributed by atoms with Gasteiger partial charge in [-0.05, 0) is 55.5 Å². The summed E-state index contributed by atoms with van der Waals surface area (Å²) in [4.78, 5) is 42.2. The molecule has 11 nitrogen and oxygen atoms in total. The van der Waals surface area contributed by atoms with Crippen LogP contribution in [0.5, 0.6) is 5.75 Å². The number of amides is 2. The maximum Gasteiger partial charge on any atom is 0.424 e. The predicted octanol–water partition coefficient (Wildman–Crippen LogP) is 4.28. The van der Waals surface area contributed by atoms with Crippen molar-refractivity contribution in [1.82, 2.24) is 25.3 Å². The van der Waals surface area contributed by atoms with E-state index in [4.69, 9.17) is 10.5 Å². The molecule has 5 N–H and O–H groups in total. The number of pyridine rings is 2. The van der Waals surface area contributed by atoms with Crippen LogP contribution in [0.3, 0.4) is 0 Å². The van der Waals surface area contributed by atoms with E-state index in [1.165, 1.54) is 56.1 Å². The van der Waals surface area contributed by atoms with Crippen molar-refractivity contribution in [2.24, 2.45) is 5.73 Å². The predicted molar refractivity (Wildman–Crippen MR) is 161 cm³/mol. The number of fused-ring (bicyclic) bond motifs is 2. The molecule has 0 bridgehead atoms. The Kier molecular flexibility index (Phi) is 7.71. The van der Waals surface area contributed by atoms with Gasteiger partial charge in [-0.2, -0.15) is 13.2 Å². The number of benzene rings is 2. The van der Waals surface area contributed by atoms with Crippen LogP contribution in [0.25, 0.3) is 22.2 Å². The molecule has 0 spiro atoms. The van der Waals surface area contributed by atoms with Gasteiger partial charge in [-0.3, -0.25) is 14.6 Å². The summed E-state index contributed by atoms with van der Waals surface area (Å²) in [5.74, 6) is -2.49. The van der Waals surface area contributed by atoms with Gasteiger partial charge < -0.3 is 26.2 Å². The Morgan fingerprint density at radius 3 is 2.49 bits per heavy atom. The summed E-state index contributed by atoms with van der Waals surface area (Å²) in [5, 5.41) is 17.1. The lowest BCUT2D eigenvalue weighted by molar-refractivity contribution is -0.265. The van der Waals surface area contributed by atoms with Crippen molar-refractivity contribution in [3.8, 4) is 17.0 Å². The van der Waals surface area contributed by atoms with Crippen molar-refractivity contribution in [1.29, 1.82) is 0 Å². The van der Waals surface area contributed by atoms with Gasteiger partial charge in [0, 0.05) is 28.3 Å². The molecule has 4 heterocycles. The van der Waals surface area contributed by atoms with E-state index in [1.807, 2.05) is 0 Å². The van der Waals surface area contributed by atoms with Gasteiger partial charge in [0.05, 0.1) is 41.5 Å². The fourth-order valence-electron chi connectivity index (χ4n) is 5.19. The molecular weight excluding hydrogens is 622 g/mol.